The minimum absolute atomic E-state index is 0.0256. The monoisotopic (exact) mass is 378 g/mol. The Morgan fingerprint density at radius 3 is 2.08 bits per heavy atom. The molecule has 1 aliphatic heterocycles. The van der Waals surface area contributed by atoms with Gasteiger partial charge in [0.15, 0.2) is 0 Å². The van der Waals surface area contributed by atoms with Gasteiger partial charge in [0.05, 0.1) is 18.6 Å². The Morgan fingerprint density at radius 2 is 1.73 bits per heavy atom. The van der Waals surface area contributed by atoms with Crippen LogP contribution in [0.5, 0.6) is 11.5 Å². The molecular weight excluding hydrogens is 352 g/mol. The lowest BCUT2D eigenvalue weighted by Gasteiger charge is -2.20. The van der Waals surface area contributed by atoms with Crippen LogP contribution < -0.4 is 0 Å². The summed E-state index contributed by atoms with van der Waals surface area (Å²) in [6.07, 6.45) is 1.14. The Bertz CT molecular complexity index is 686. The molecule has 1 fully saturated rings. The molecule has 0 radical (unpaired) electrons. The first-order valence-corrected chi connectivity index (χ1v) is 8.92. The highest BCUT2D eigenvalue weighted by Crippen LogP contribution is 2.30. The molecule has 4 nitrogen and oxygen atoms in total. The summed E-state index contributed by atoms with van der Waals surface area (Å²) < 4.78 is 4.73. The van der Waals surface area contributed by atoms with Gasteiger partial charge in [-0.2, -0.15) is 0 Å². The van der Waals surface area contributed by atoms with E-state index < -0.39 is 0 Å². The minimum Gasteiger partial charge on any atom is -0.508 e. The van der Waals surface area contributed by atoms with E-state index in [0.29, 0.717) is 23.3 Å². The van der Waals surface area contributed by atoms with Crippen LogP contribution in [0.3, 0.4) is 0 Å². The van der Waals surface area contributed by atoms with Crippen molar-refractivity contribution in [3.63, 3.8) is 0 Å². The standard InChI is InChI=1S/C11H16O.C7H6O2.C3H5ClO/c1-8-5-6-9(10(12)7-8)11(2,3)4;8-5-6-1-3-7(9)4-2-6;4-1-3-2-5-3/h5-7,12H,1-4H3;1-5,9H;3H,1-2H2. The SMILES string of the molecule is Cc1ccc(C(C)(C)C)c(O)c1.ClCC1CO1.O=Cc1ccc(O)cc1. The summed E-state index contributed by atoms with van der Waals surface area (Å²) in [6, 6.07) is 11.9. The summed E-state index contributed by atoms with van der Waals surface area (Å²) in [5.74, 6) is 1.25. The van der Waals surface area contributed by atoms with Crippen molar-refractivity contribution in [3.05, 3.63) is 59.2 Å². The number of aromatic hydroxyl groups is 2. The molecule has 0 spiro atoms. The van der Waals surface area contributed by atoms with Crippen LogP contribution in [0.25, 0.3) is 0 Å². The predicted molar refractivity (Wildman–Crippen MR) is 105 cm³/mol. The van der Waals surface area contributed by atoms with E-state index in [1.165, 1.54) is 12.1 Å². The molecule has 2 aromatic carbocycles. The van der Waals surface area contributed by atoms with E-state index >= 15 is 0 Å². The van der Waals surface area contributed by atoms with Gasteiger partial charge >= 0.3 is 0 Å². The molecule has 26 heavy (non-hydrogen) atoms. The number of halogens is 1. The van der Waals surface area contributed by atoms with Crippen molar-refractivity contribution in [1.82, 2.24) is 0 Å². The number of hydrogen-bond donors (Lipinski definition) is 2. The number of rotatable bonds is 2. The van der Waals surface area contributed by atoms with Gasteiger partial charge in [0, 0.05) is 5.56 Å². The van der Waals surface area contributed by atoms with E-state index in [2.05, 4.69) is 20.8 Å². The fraction of sp³-hybridized carbons (Fsp3) is 0.381. The maximum atomic E-state index is 10.0. The number of carbonyl (C=O) groups is 1. The van der Waals surface area contributed by atoms with Gasteiger partial charge in [-0.25, -0.2) is 0 Å². The largest absolute Gasteiger partial charge is 0.508 e. The highest BCUT2D eigenvalue weighted by atomic mass is 35.5. The molecule has 0 aliphatic carbocycles. The number of benzene rings is 2. The quantitative estimate of drug-likeness (QED) is 0.446. The van der Waals surface area contributed by atoms with Crippen LogP contribution in [0.4, 0.5) is 0 Å². The Morgan fingerprint density at radius 1 is 1.15 bits per heavy atom. The van der Waals surface area contributed by atoms with Gasteiger partial charge in [-0.1, -0.05) is 32.9 Å². The molecule has 0 bridgehead atoms. The van der Waals surface area contributed by atoms with Crippen LogP contribution >= 0.6 is 11.6 Å². The van der Waals surface area contributed by atoms with E-state index in [1.807, 2.05) is 19.1 Å². The second kappa shape index (κ2) is 10.2. The molecule has 1 unspecified atom stereocenters. The summed E-state index contributed by atoms with van der Waals surface area (Å²) in [5, 5.41) is 18.4. The highest BCUT2D eigenvalue weighted by molar-refractivity contribution is 6.18. The van der Waals surface area contributed by atoms with Crippen LogP contribution in [0.1, 0.15) is 42.3 Å². The van der Waals surface area contributed by atoms with Crippen molar-refractivity contribution < 1.29 is 19.7 Å². The van der Waals surface area contributed by atoms with Crippen LogP contribution in [0.2, 0.25) is 0 Å². The lowest BCUT2D eigenvalue weighted by Crippen LogP contribution is -2.11. The molecule has 0 aromatic heterocycles. The van der Waals surface area contributed by atoms with Gasteiger partial charge in [0.1, 0.15) is 17.8 Å². The number of phenols is 2. The second-order valence-electron chi connectivity index (χ2n) is 7.09. The van der Waals surface area contributed by atoms with E-state index in [0.717, 1.165) is 24.0 Å². The second-order valence-corrected chi connectivity index (χ2v) is 7.40. The fourth-order valence-corrected chi connectivity index (χ4v) is 2.16. The molecule has 5 heteroatoms. The number of hydrogen-bond acceptors (Lipinski definition) is 4. The van der Waals surface area contributed by atoms with Crippen molar-refractivity contribution in [3.8, 4) is 11.5 Å². The van der Waals surface area contributed by atoms with Crippen molar-refractivity contribution in [2.75, 3.05) is 12.5 Å². The smallest absolute Gasteiger partial charge is 0.150 e. The van der Waals surface area contributed by atoms with E-state index in [4.69, 9.17) is 21.4 Å². The lowest BCUT2D eigenvalue weighted by atomic mass is 9.86. The van der Waals surface area contributed by atoms with Gasteiger partial charge in [-0.15, -0.1) is 11.6 Å². The minimum atomic E-state index is 0.0256. The van der Waals surface area contributed by atoms with E-state index in [9.17, 15) is 9.90 Å². The van der Waals surface area contributed by atoms with Gasteiger partial charge in [0.25, 0.3) is 0 Å². The Hall–Kier alpha value is -2.04. The topological polar surface area (TPSA) is 70.1 Å². The van der Waals surface area contributed by atoms with E-state index in [1.54, 1.807) is 18.2 Å². The molecule has 2 aromatic rings. The van der Waals surface area contributed by atoms with Crippen LogP contribution in [0.15, 0.2) is 42.5 Å². The Kier molecular flexibility index (Phi) is 8.62. The van der Waals surface area contributed by atoms with Gasteiger partial charge in [-0.3, -0.25) is 4.79 Å². The molecule has 142 valence electrons. The fourth-order valence-electron chi connectivity index (χ4n) is 1.99. The first-order chi connectivity index (χ1) is 12.2. The average Bonchev–Trinajstić information content (AvgIpc) is 3.40. The van der Waals surface area contributed by atoms with Gasteiger partial charge < -0.3 is 14.9 Å². The molecule has 1 heterocycles. The number of carbonyl (C=O) groups excluding carboxylic acids is 1. The number of ether oxygens (including phenoxy) is 1. The van der Waals surface area contributed by atoms with Crippen LogP contribution in [-0.2, 0) is 10.2 Å². The number of aldehydes is 1. The molecule has 0 saturated carbocycles. The predicted octanol–water partition coefficient (Wildman–Crippen LogP) is 4.83. The third-order valence-electron chi connectivity index (χ3n) is 3.56. The Balaban J connectivity index is 0.000000211. The molecular formula is C21H27ClO4. The van der Waals surface area contributed by atoms with Gasteiger partial charge in [-0.05, 0) is 53.8 Å². The average molecular weight is 379 g/mol. The molecule has 1 saturated heterocycles. The maximum absolute atomic E-state index is 10.0. The van der Waals surface area contributed by atoms with Crippen molar-refractivity contribution in [2.24, 2.45) is 0 Å². The maximum Gasteiger partial charge on any atom is 0.150 e. The zero-order valence-corrected chi connectivity index (χ0v) is 16.5. The van der Waals surface area contributed by atoms with Crippen molar-refractivity contribution >= 4 is 17.9 Å². The summed E-state index contributed by atoms with van der Waals surface area (Å²) >= 11 is 5.27. The zero-order valence-electron chi connectivity index (χ0n) is 15.7. The first-order valence-electron chi connectivity index (χ1n) is 8.39. The molecule has 3 rings (SSSR count). The lowest BCUT2D eigenvalue weighted by molar-refractivity contribution is 0.112. The zero-order chi connectivity index (χ0) is 19.7. The molecule has 1 aliphatic rings. The summed E-state index contributed by atoms with van der Waals surface area (Å²) in [5.41, 5.74) is 2.71. The Labute approximate surface area is 160 Å². The normalized spacial score (nSPS) is 15.0. The first kappa shape index (κ1) is 22.0. The van der Waals surface area contributed by atoms with Crippen molar-refractivity contribution in [1.29, 1.82) is 0 Å². The summed E-state index contributed by atoms with van der Waals surface area (Å²) in [6.45, 7) is 9.14. The number of alkyl halides is 1. The summed E-state index contributed by atoms with van der Waals surface area (Å²) in [4.78, 5) is 10.0. The van der Waals surface area contributed by atoms with Crippen molar-refractivity contribution in [2.45, 2.75) is 39.2 Å². The highest BCUT2D eigenvalue weighted by Gasteiger charge is 2.19. The third-order valence-corrected chi connectivity index (χ3v) is 3.91. The molecule has 2 N–H and O–H groups in total. The number of epoxide rings is 1. The molecule has 1 atom stereocenters. The van der Waals surface area contributed by atoms with Crippen LogP contribution in [-0.4, -0.2) is 35.1 Å². The third kappa shape index (κ3) is 8.37. The van der Waals surface area contributed by atoms with Crippen LogP contribution in [0, 0.1) is 6.92 Å². The van der Waals surface area contributed by atoms with Gasteiger partial charge in [0.2, 0.25) is 0 Å². The number of aryl methyl sites for hydroxylation is 1. The molecule has 0 amide bonds. The van der Waals surface area contributed by atoms with E-state index in [-0.39, 0.29) is 11.2 Å². The number of phenolic OH excluding ortho intramolecular Hbond substituents is 2. The summed E-state index contributed by atoms with van der Waals surface area (Å²) in [7, 11) is 0.